The van der Waals surface area contributed by atoms with Crippen LogP contribution in [0.5, 0.6) is 0 Å². The summed E-state index contributed by atoms with van der Waals surface area (Å²) in [5.41, 5.74) is 13.4. The molecule has 168 valence electrons. The zero-order chi connectivity index (χ0) is 22.3. The number of nitrogens with two attached hydrogens (primary N) is 2. The number of rotatable bonds is 3. The number of piperidine rings is 1. The molecule has 2 atom stereocenters. The van der Waals surface area contributed by atoms with Crippen molar-refractivity contribution >= 4 is 35.0 Å². The molecule has 1 aliphatic carbocycles. The summed E-state index contributed by atoms with van der Waals surface area (Å²) in [7, 11) is 0. The third-order valence-corrected chi connectivity index (χ3v) is 8.28. The van der Waals surface area contributed by atoms with E-state index in [4.69, 9.17) is 27.8 Å². The van der Waals surface area contributed by atoms with Crippen molar-refractivity contribution in [1.29, 1.82) is 0 Å². The minimum Gasteiger partial charge on any atom is -0.381 e. The fourth-order valence-electron chi connectivity index (χ4n) is 4.36. The lowest BCUT2D eigenvalue weighted by Gasteiger charge is -2.41. The highest BCUT2D eigenvalue weighted by molar-refractivity contribution is 7.99. The minimum atomic E-state index is 0.0723. The molecule has 9 heteroatoms. The van der Waals surface area contributed by atoms with E-state index in [1.54, 1.807) is 12.4 Å². The lowest BCUT2D eigenvalue weighted by molar-refractivity contribution is 0.0974. The predicted molar refractivity (Wildman–Crippen MR) is 127 cm³/mol. The molecular formula is C23H27ClN6OS. The third-order valence-electron chi connectivity index (χ3n) is 6.71. The largest absolute Gasteiger partial charge is 0.381 e. The fraction of sp³-hybridized carbons (Fsp3) is 0.522. The Morgan fingerprint density at radius 2 is 2.06 bits per heavy atom. The summed E-state index contributed by atoms with van der Waals surface area (Å²) in [5.74, 6) is 7.97. The third kappa shape index (κ3) is 4.27. The van der Waals surface area contributed by atoms with Crippen LogP contribution in [0.3, 0.4) is 0 Å². The zero-order valence-electron chi connectivity index (χ0n) is 18.1. The van der Waals surface area contributed by atoms with Crippen LogP contribution in [-0.4, -0.2) is 46.8 Å². The van der Waals surface area contributed by atoms with Crippen LogP contribution >= 0.6 is 23.4 Å². The topological polar surface area (TPSA) is 103 Å². The smallest absolute Gasteiger partial charge is 0.158 e. The number of halogens is 1. The Morgan fingerprint density at radius 3 is 2.72 bits per heavy atom. The maximum absolute atomic E-state index is 6.55. The van der Waals surface area contributed by atoms with Crippen LogP contribution in [0.1, 0.15) is 38.3 Å². The summed E-state index contributed by atoms with van der Waals surface area (Å²) in [5, 5.41) is 1.15. The molecule has 3 aliphatic rings. The molecule has 1 spiro atoms. The van der Waals surface area contributed by atoms with Gasteiger partial charge in [0.15, 0.2) is 5.82 Å². The Kier molecular flexibility index (Phi) is 5.93. The Bertz CT molecular complexity index is 1070. The van der Waals surface area contributed by atoms with Gasteiger partial charge in [-0.1, -0.05) is 29.3 Å². The van der Waals surface area contributed by atoms with Crippen molar-refractivity contribution in [3.63, 3.8) is 0 Å². The normalized spacial score (nSPS) is 24.4. The van der Waals surface area contributed by atoms with Gasteiger partial charge in [-0.2, -0.15) is 0 Å². The van der Waals surface area contributed by atoms with Crippen molar-refractivity contribution in [2.24, 2.45) is 17.1 Å². The Morgan fingerprint density at radius 1 is 1.28 bits per heavy atom. The number of pyridine rings is 1. The minimum absolute atomic E-state index is 0.0723. The highest BCUT2D eigenvalue weighted by Crippen LogP contribution is 2.42. The van der Waals surface area contributed by atoms with E-state index in [0.29, 0.717) is 27.5 Å². The first kappa shape index (κ1) is 21.8. The van der Waals surface area contributed by atoms with Gasteiger partial charge in [0, 0.05) is 41.6 Å². The van der Waals surface area contributed by atoms with E-state index in [1.165, 1.54) is 11.8 Å². The molecule has 0 bridgehead atoms. The van der Waals surface area contributed by atoms with Crippen LogP contribution in [-0.2, 0) is 4.74 Å². The van der Waals surface area contributed by atoms with Gasteiger partial charge in [-0.15, -0.1) is 0 Å². The average molecular weight is 471 g/mol. The average Bonchev–Trinajstić information content (AvgIpc) is 3.59. The van der Waals surface area contributed by atoms with Crippen molar-refractivity contribution in [1.82, 2.24) is 15.0 Å². The fourth-order valence-corrected chi connectivity index (χ4v) is 5.42. The van der Waals surface area contributed by atoms with Crippen LogP contribution < -0.4 is 16.4 Å². The monoisotopic (exact) mass is 470 g/mol. The number of aromatic nitrogens is 3. The lowest BCUT2D eigenvalue weighted by atomic mass is 9.73. The summed E-state index contributed by atoms with van der Waals surface area (Å²) >= 11 is 7.93. The number of ether oxygens (including phenoxy) is 1. The van der Waals surface area contributed by atoms with Gasteiger partial charge < -0.3 is 21.1 Å². The van der Waals surface area contributed by atoms with Crippen molar-refractivity contribution in [3.05, 3.63) is 29.2 Å². The van der Waals surface area contributed by atoms with Gasteiger partial charge in [0.2, 0.25) is 0 Å². The molecule has 1 saturated carbocycles. The molecule has 5 rings (SSSR count). The van der Waals surface area contributed by atoms with Crippen molar-refractivity contribution in [2.75, 3.05) is 30.3 Å². The van der Waals surface area contributed by atoms with E-state index in [2.05, 4.69) is 38.6 Å². The van der Waals surface area contributed by atoms with E-state index in [1.807, 2.05) is 6.07 Å². The first-order valence-corrected chi connectivity index (χ1v) is 12.2. The number of nitrogens with zero attached hydrogens (tertiary/aromatic N) is 4. The van der Waals surface area contributed by atoms with Crippen LogP contribution in [0.2, 0.25) is 5.02 Å². The van der Waals surface area contributed by atoms with Gasteiger partial charge in [-0.05, 0) is 44.6 Å². The second-order valence-corrected chi connectivity index (χ2v) is 10.3. The molecule has 2 aliphatic heterocycles. The SMILES string of the molecule is C[C@@H]1OCC2(CCN(c3cnc(Sc4ccnc(C#CC5CC5)c4Cl)c(N)n3)CC2)[C@@H]1N. The number of anilines is 2. The summed E-state index contributed by atoms with van der Waals surface area (Å²) in [6.45, 7) is 4.53. The number of nitrogen functional groups attached to an aromatic ring is 1. The van der Waals surface area contributed by atoms with Crippen LogP contribution in [0.25, 0.3) is 0 Å². The van der Waals surface area contributed by atoms with E-state index in [9.17, 15) is 0 Å². The highest BCUT2D eigenvalue weighted by atomic mass is 35.5. The lowest BCUT2D eigenvalue weighted by Crippen LogP contribution is -2.50. The molecule has 2 aromatic heterocycles. The van der Waals surface area contributed by atoms with Gasteiger partial charge in [0.05, 0.1) is 23.9 Å². The first-order valence-electron chi connectivity index (χ1n) is 11.0. The Balaban J connectivity index is 1.28. The van der Waals surface area contributed by atoms with E-state index >= 15 is 0 Å². The van der Waals surface area contributed by atoms with Gasteiger partial charge in [0.1, 0.15) is 16.5 Å². The van der Waals surface area contributed by atoms with Gasteiger partial charge in [0.25, 0.3) is 0 Å². The molecule has 0 radical (unpaired) electrons. The molecule has 0 aromatic carbocycles. The standard InChI is InChI=1S/C23H27ClN6OS/c1-14-20(25)23(13-31-14)7-10-30(11-8-23)18-12-28-22(21(26)29-18)32-17-6-9-27-16(19(17)24)5-4-15-2-3-15/h6,9,12,14-15,20H,2-3,7-8,10-11,13,25H2,1H3,(H2,26,29)/t14-,20+/m0/s1. The van der Waals surface area contributed by atoms with E-state index in [0.717, 1.165) is 56.1 Å². The van der Waals surface area contributed by atoms with Crippen molar-refractivity contribution in [2.45, 2.75) is 54.7 Å². The highest BCUT2D eigenvalue weighted by Gasteiger charge is 2.47. The van der Waals surface area contributed by atoms with Crippen LogP contribution in [0.15, 0.2) is 28.4 Å². The quantitative estimate of drug-likeness (QED) is 0.658. The molecule has 32 heavy (non-hydrogen) atoms. The zero-order valence-corrected chi connectivity index (χ0v) is 19.6. The molecule has 3 fully saturated rings. The first-order chi connectivity index (χ1) is 15.4. The predicted octanol–water partition coefficient (Wildman–Crippen LogP) is 3.35. The van der Waals surface area contributed by atoms with Crippen molar-refractivity contribution in [3.8, 4) is 11.8 Å². The summed E-state index contributed by atoms with van der Waals surface area (Å²) in [6, 6.07) is 1.94. The van der Waals surface area contributed by atoms with Gasteiger partial charge >= 0.3 is 0 Å². The second-order valence-electron chi connectivity index (χ2n) is 8.93. The second kappa shape index (κ2) is 8.71. The number of hydrogen-bond acceptors (Lipinski definition) is 8. The Hall–Kier alpha value is -2.05. The molecule has 4 heterocycles. The summed E-state index contributed by atoms with van der Waals surface area (Å²) in [6.07, 6.45) is 7.90. The molecule has 0 amide bonds. The molecule has 0 unspecified atom stereocenters. The van der Waals surface area contributed by atoms with Gasteiger partial charge in [-0.3, -0.25) is 0 Å². The summed E-state index contributed by atoms with van der Waals surface area (Å²) < 4.78 is 5.82. The van der Waals surface area contributed by atoms with E-state index < -0.39 is 0 Å². The number of hydrogen-bond donors (Lipinski definition) is 2. The van der Waals surface area contributed by atoms with Crippen LogP contribution in [0.4, 0.5) is 11.6 Å². The van der Waals surface area contributed by atoms with Gasteiger partial charge in [-0.25, -0.2) is 15.0 Å². The molecule has 7 nitrogen and oxygen atoms in total. The molecule has 2 saturated heterocycles. The molecule has 2 aromatic rings. The van der Waals surface area contributed by atoms with Crippen molar-refractivity contribution < 1.29 is 4.74 Å². The Labute approximate surface area is 197 Å². The molecular weight excluding hydrogens is 444 g/mol. The van der Waals surface area contributed by atoms with Crippen LogP contribution in [0, 0.1) is 23.2 Å². The molecule has 4 N–H and O–H groups in total. The maximum atomic E-state index is 6.55. The van der Waals surface area contributed by atoms with E-state index in [-0.39, 0.29) is 17.6 Å². The summed E-state index contributed by atoms with van der Waals surface area (Å²) in [4.78, 5) is 16.6. The maximum Gasteiger partial charge on any atom is 0.158 e.